The predicted molar refractivity (Wildman–Crippen MR) is 109 cm³/mol. The molecule has 1 aliphatic carbocycles. The van der Waals surface area contributed by atoms with Crippen molar-refractivity contribution >= 4 is 47.4 Å². The molecule has 2 saturated heterocycles. The van der Waals surface area contributed by atoms with Crippen molar-refractivity contribution in [1.82, 2.24) is 15.1 Å². The van der Waals surface area contributed by atoms with E-state index < -0.39 is 0 Å². The van der Waals surface area contributed by atoms with Gasteiger partial charge in [-0.2, -0.15) is 0 Å². The van der Waals surface area contributed by atoms with Crippen LogP contribution in [0.4, 0.5) is 0 Å². The number of hydrogen-bond acceptors (Lipinski definition) is 3. The highest BCUT2D eigenvalue weighted by Gasteiger charge is 2.47. The number of hydrogen-bond donors (Lipinski definition) is 1. The number of piperazine rings is 1. The maximum absolute atomic E-state index is 13.0. The number of carbonyl (C=O) groups is 2. The third-order valence-electron chi connectivity index (χ3n) is 5.76. The molecule has 27 heavy (non-hydrogen) atoms. The van der Waals surface area contributed by atoms with Gasteiger partial charge in [-0.05, 0) is 36.8 Å². The van der Waals surface area contributed by atoms with Gasteiger partial charge in [0.1, 0.15) is 0 Å². The molecule has 1 aromatic rings. The molecule has 1 N–H and O–H groups in total. The quantitative estimate of drug-likeness (QED) is 0.799. The molecule has 8 heteroatoms. The summed E-state index contributed by atoms with van der Waals surface area (Å²) in [6, 6.07) is 5.77. The van der Waals surface area contributed by atoms with Gasteiger partial charge < -0.3 is 15.1 Å². The molecule has 0 spiro atoms. The first kappa shape index (κ1) is 20.7. The summed E-state index contributed by atoms with van der Waals surface area (Å²) < 4.78 is 0. The lowest BCUT2D eigenvalue weighted by atomic mass is 10.0. The number of carbonyl (C=O) groups excluding carboxylic acids is 2. The van der Waals surface area contributed by atoms with Crippen LogP contribution in [-0.2, 0) is 9.59 Å². The number of piperidine rings is 1. The summed E-state index contributed by atoms with van der Waals surface area (Å²) in [6.45, 7) is 3.39. The first-order valence-electron chi connectivity index (χ1n) is 9.29. The van der Waals surface area contributed by atoms with Crippen LogP contribution in [0.15, 0.2) is 18.2 Å². The zero-order valence-electron chi connectivity index (χ0n) is 15.0. The second-order valence-electron chi connectivity index (χ2n) is 7.44. The number of nitrogens with zero attached hydrogens (tertiary/aromatic N) is 2. The van der Waals surface area contributed by atoms with Gasteiger partial charge in [-0.15, -0.1) is 12.4 Å². The van der Waals surface area contributed by atoms with Crippen LogP contribution in [-0.4, -0.2) is 60.4 Å². The zero-order chi connectivity index (χ0) is 18.3. The third kappa shape index (κ3) is 4.21. The molecule has 1 saturated carbocycles. The standard InChI is InChI=1S/C19H23Cl2N3O2.ClH/c20-16-5-1-4-13(18(16)21)14-9-15(14)19(26)23-7-2-3-12(11-23)24-8-6-22-10-17(24)25;/h1,4-5,12,14-15,22H,2-3,6-11H2;1H. The molecule has 2 amide bonds. The number of halogens is 3. The summed E-state index contributed by atoms with van der Waals surface area (Å²) in [5.41, 5.74) is 0.975. The summed E-state index contributed by atoms with van der Waals surface area (Å²) in [4.78, 5) is 29.0. The Morgan fingerprint density at radius 1 is 1.22 bits per heavy atom. The summed E-state index contributed by atoms with van der Waals surface area (Å²) in [5, 5.41) is 4.21. The van der Waals surface area contributed by atoms with Crippen LogP contribution >= 0.6 is 35.6 Å². The van der Waals surface area contributed by atoms with Crippen LogP contribution < -0.4 is 5.32 Å². The zero-order valence-corrected chi connectivity index (χ0v) is 17.3. The molecule has 3 unspecified atom stereocenters. The van der Waals surface area contributed by atoms with Gasteiger partial charge in [0.2, 0.25) is 11.8 Å². The second kappa shape index (κ2) is 8.56. The van der Waals surface area contributed by atoms with Gasteiger partial charge in [0.05, 0.1) is 16.6 Å². The fraction of sp³-hybridized carbons (Fsp3) is 0.579. The maximum atomic E-state index is 13.0. The minimum absolute atomic E-state index is 0. The largest absolute Gasteiger partial charge is 0.340 e. The van der Waals surface area contributed by atoms with Crippen LogP contribution in [0.2, 0.25) is 10.0 Å². The normalized spacial score (nSPS) is 27.9. The molecule has 3 fully saturated rings. The van der Waals surface area contributed by atoms with Crippen molar-refractivity contribution in [1.29, 1.82) is 0 Å². The molecule has 2 heterocycles. The van der Waals surface area contributed by atoms with Crippen LogP contribution in [0.25, 0.3) is 0 Å². The minimum atomic E-state index is -0.0107. The molecule has 3 atom stereocenters. The Labute approximate surface area is 175 Å². The molecule has 148 valence electrons. The Balaban J connectivity index is 0.00000210. The molecule has 2 aliphatic heterocycles. The molecule has 5 nitrogen and oxygen atoms in total. The predicted octanol–water partition coefficient (Wildman–Crippen LogP) is 2.94. The van der Waals surface area contributed by atoms with Gasteiger partial charge >= 0.3 is 0 Å². The lowest BCUT2D eigenvalue weighted by Crippen LogP contribution is -2.57. The van der Waals surface area contributed by atoms with E-state index in [1.165, 1.54) is 0 Å². The van der Waals surface area contributed by atoms with Crippen molar-refractivity contribution in [3.63, 3.8) is 0 Å². The van der Waals surface area contributed by atoms with Crippen LogP contribution in [0.5, 0.6) is 0 Å². The Kier molecular flexibility index (Phi) is 6.57. The summed E-state index contributed by atoms with van der Waals surface area (Å²) in [6.07, 6.45) is 2.75. The van der Waals surface area contributed by atoms with Gasteiger partial charge in [0, 0.05) is 38.1 Å². The number of rotatable bonds is 3. The molecular weight excluding hydrogens is 409 g/mol. The first-order chi connectivity index (χ1) is 12.6. The van der Waals surface area contributed by atoms with E-state index in [1.807, 2.05) is 21.9 Å². The van der Waals surface area contributed by atoms with Gasteiger partial charge in [0.15, 0.2) is 0 Å². The Bertz CT molecular complexity index is 730. The third-order valence-corrected chi connectivity index (χ3v) is 6.60. The number of amides is 2. The molecule has 3 aliphatic rings. The number of likely N-dealkylation sites (tertiary alicyclic amines) is 1. The monoisotopic (exact) mass is 431 g/mol. The Morgan fingerprint density at radius 2 is 2.04 bits per heavy atom. The van der Waals surface area contributed by atoms with Crippen molar-refractivity contribution in [2.24, 2.45) is 5.92 Å². The summed E-state index contributed by atoms with van der Waals surface area (Å²) in [5.74, 6) is 0.488. The highest BCUT2D eigenvalue weighted by Crippen LogP contribution is 2.51. The number of benzene rings is 1. The van der Waals surface area contributed by atoms with Gasteiger partial charge in [0.25, 0.3) is 0 Å². The maximum Gasteiger partial charge on any atom is 0.236 e. The first-order valence-corrected chi connectivity index (χ1v) is 10.0. The molecule has 0 aromatic heterocycles. The fourth-order valence-corrected chi connectivity index (χ4v) is 4.72. The van der Waals surface area contributed by atoms with Crippen LogP contribution in [0, 0.1) is 5.92 Å². The summed E-state index contributed by atoms with van der Waals surface area (Å²) >= 11 is 12.4. The lowest BCUT2D eigenvalue weighted by molar-refractivity contribution is -0.141. The fourth-order valence-electron chi connectivity index (χ4n) is 4.27. The average molecular weight is 433 g/mol. The molecular formula is C19H24Cl3N3O2. The Morgan fingerprint density at radius 3 is 2.81 bits per heavy atom. The molecule has 0 radical (unpaired) electrons. The highest BCUT2D eigenvalue weighted by molar-refractivity contribution is 6.42. The topological polar surface area (TPSA) is 52.7 Å². The highest BCUT2D eigenvalue weighted by atomic mass is 35.5. The average Bonchev–Trinajstić information content (AvgIpc) is 3.44. The SMILES string of the molecule is Cl.O=C(C1CC1c1cccc(Cl)c1Cl)N1CCCC(N2CCNCC2=O)C1. The van der Waals surface area contributed by atoms with E-state index in [4.69, 9.17) is 23.2 Å². The van der Waals surface area contributed by atoms with Crippen molar-refractivity contribution < 1.29 is 9.59 Å². The van der Waals surface area contributed by atoms with Gasteiger partial charge in [-0.1, -0.05) is 35.3 Å². The van der Waals surface area contributed by atoms with Crippen LogP contribution in [0.3, 0.4) is 0 Å². The van der Waals surface area contributed by atoms with Gasteiger partial charge in [-0.25, -0.2) is 0 Å². The van der Waals surface area contributed by atoms with E-state index in [1.54, 1.807) is 6.07 Å². The van der Waals surface area contributed by atoms with Crippen molar-refractivity contribution in [3.05, 3.63) is 33.8 Å². The molecule has 0 bridgehead atoms. The summed E-state index contributed by atoms with van der Waals surface area (Å²) in [7, 11) is 0. The Hall–Kier alpha value is -1.01. The van der Waals surface area contributed by atoms with E-state index in [2.05, 4.69) is 5.32 Å². The number of nitrogens with one attached hydrogen (secondary N) is 1. The van der Waals surface area contributed by atoms with E-state index in [9.17, 15) is 9.59 Å². The van der Waals surface area contributed by atoms with E-state index in [0.29, 0.717) is 23.1 Å². The minimum Gasteiger partial charge on any atom is -0.340 e. The van der Waals surface area contributed by atoms with Crippen molar-refractivity contribution in [3.8, 4) is 0 Å². The van der Waals surface area contributed by atoms with E-state index in [-0.39, 0.29) is 42.1 Å². The lowest BCUT2D eigenvalue weighted by Gasteiger charge is -2.41. The van der Waals surface area contributed by atoms with E-state index >= 15 is 0 Å². The molecule has 1 aromatic carbocycles. The smallest absolute Gasteiger partial charge is 0.236 e. The van der Waals surface area contributed by atoms with E-state index in [0.717, 1.165) is 44.5 Å². The van der Waals surface area contributed by atoms with Crippen molar-refractivity contribution in [2.75, 3.05) is 32.7 Å². The van der Waals surface area contributed by atoms with Crippen molar-refractivity contribution in [2.45, 2.75) is 31.2 Å². The van der Waals surface area contributed by atoms with Crippen LogP contribution in [0.1, 0.15) is 30.7 Å². The second-order valence-corrected chi connectivity index (χ2v) is 8.22. The molecule has 4 rings (SSSR count). The van der Waals surface area contributed by atoms with Gasteiger partial charge in [-0.3, -0.25) is 9.59 Å².